The van der Waals surface area contributed by atoms with Crippen LogP contribution in [0, 0.1) is 6.92 Å². The maximum atomic E-state index is 11.3. The molecule has 2 aromatic rings. The zero-order chi connectivity index (χ0) is 17.3. The summed E-state index contributed by atoms with van der Waals surface area (Å²) < 4.78 is 29.7. The van der Waals surface area contributed by atoms with Crippen LogP contribution in [-0.4, -0.2) is 48.8 Å². The van der Waals surface area contributed by atoms with Crippen molar-refractivity contribution in [2.75, 3.05) is 26.2 Å². The number of benzene rings is 1. The van der Waals surface area contributed by atoms with Crippen LogP contribution in [0.15, 0.2) is 28.7 Å². The van der Waals surface area contributed by atoms with Gasteiger partial charge in [0.15, 0.2) is 0 Å². The number of rotatable bonds is 4. The molecule has 7 nitrogen and oxygen atoms in total. The Morgan fingerprint density at radius 2 is 2.00 bits per heavy atom. The van der Waals surface area contributed by atoms with Crippen molar-refractivity contribution < 1.29 is 12.8 Å². The molecule has 1 aliphatic heterocycles. The number of hydrogen-bond acceptors (Lipinski definition) is 5. The van der Waals surface area contributed by atoms with Gasteiger partial charge in [0.25, 0.3) is 10.2 Å². The SMILES string of the molecule is Cc1oc(-c2cccc(Cl)c2)nc1CN1CCN(S(N)(=O)=O)CC1. The molecule has 3 rings (SSSR count). The van der Waals surface area contributed by atoms with Gasteiger partial charge in [0.2, 0.25) is 5.89 Å². The van der Waals surface area contributed by atoms with Gasteiger partial charge in [-0.2, -0.15) is 12.7 Å². The molecule has 2 N–H and O–H groups in total. The summed E-state index contributed by atoms with van der Waals surface area (Å²) in [7, 11) is -3.61. The van der Waals surface area contributed by atoms with E-state index >= 15 is 0 Å². The maximum absolute atomic E-state index is 11.3. The first-order chi connectivity index (χ1) is 11.3. The Balaban J connectivity index is 1.69. The molecule has 1 aromatic carbocycles. The summed E-state index contributed by atoms with van der Waals surface area (Å²) in [5.41, 5.74) is 1.67. The summed E-state index contributed by atoms with van der Waals surface area (Å²) in [6.07, 6.45) is 0. The first kappa shape index (κ1) is 17.4. The Kier molecular flexibility index (Phi) is 4.93. The molecular weight excluding hydrogens is 352 g/mol. The summed E-state index contributed by atoms with van der Waals surface area (Å²) in [6, 6.07) is 7.35. The highest BCUT2D eigenvalue weighted by Gasteiger charge is 2.25. The van der Waals surface area contributed by atoms with Crippen molar-refractivity contribution in [3.63, 3.8) is 0 Å². The fourth-order valence-corrected chi connectivity index (χ4v) is 3.54. The van der Waals surface area contributed by atoms with Gasteiger partial charge in [-0.1, -0.05) is 17.7 Å². The average molecular weight is 371 g/mol. The molecule has 0 aliphatic carbocycles. The fraction of sp³-hybridized carbons (Fsp3) is 0.400. The first-order valence-corrected chi connectivity index (χ1v) is 9.43. The largest absolute Gasteiger partial charge is 0.441 e. The highest BCUT2D eigenvalue weighted by molar-refractivity contribution is 7.86. The molecule has 0 atom stereocenters. The van der Waals surface area contributed by atoms with Crippen molar-refractivity contribution in [2.45, 2.75) is 13.5 Å². The Labute approximate surface area is 146 Å². The molecule has 1 fully saturated rings. The number of hydrogen-bond donors (Lipinski definition) is 1. The maximum Gasteiger partial charge on any atom is 0.276 e. The van der Waals surface area contributed by atoms with Crippen LogP contribution in [0.2, 0.25) is 5.02 Å². The zero-order valence-electron chi connectivity index (χ0n) is 13.3. The van der Waals surface area contributed by atoms with E-state index < -0.39 is 10.2 Å². The molecule has 0 bridgehead atoms. The van der Waals surface area contributed by atoms with Crippen LogP contribution in [0.3, 0.4) is 0 Å². The lowest BCUT2D eigenvalue weighted by Crippen LogP contribution is -2.50. The number of oxazole rings is 1. The molecule has 130 valence electrons. The van der Waals surface area contributed by atoms with Crippen molar-refractivity contribution >= 4 is 21.8 Å². The second-order valence-corrected chi connectivity index (χ2v) is 7.74. The van der Waals surface area contributed by atoms with Crippen LogP contribution in [0.5, 0.6) is 0 Å². The number of nitrogens with zero attached hydrogens (tertiary/aromatic N) is 3. The van der Waals surface area contributed by atoms with E-state index in [1.807, 2.05) is 25.1 Å². The Morgan fingerprint density at radius 3 is 2.62 bits per heavy atom. The van der Waals surface area contributed by atoms with Crippen molar-refractivity contribution in [3.05, 3.63) is 40.7 Å². The van der Waals surface area contributed by atoms with Gasteiger partial charge in [0.05, 0.1) is 5.69 Å². The van der Waals surface area contributed by atoms with Crippen LogP contribution < -0.4 is 5.14 Å². The van der Waals surface area contributed by atoms with Gasteiger partial charge in [0, 0.05) is 43.3 Å². The van der Waals surface area contributed by atoms with Crippen LogP contribution in [0.4, 0.5) is 0 Å². The van der Waals surface area contributed by atoms with E-state index in [9.17, 15) is 8.42 Å². The van der Waals surface area contributed by atoms with E-state index in [1.54, 1.807) is 6.07 Å². The van der Waals surface area contributed by atoms with E-state index in [2.05, 4.69) is 9.88 Å². The number of nitrogens with two attached hydrogens (primary N) is 1. The summed E-state index contributed by atoms with van der Waals surface area (Å²) in [5.74, 6) is 1.28. The molecular formula is C15H19ClN4O3S. The Bertz CT molecular complexity index is 829. The van der Waals surface area contributed by atoms with Gasteiger partial charge in [-0.15, -0.1) is 0 Å². The lowest BCUT2D eigenvalue weighted by molar-refractivity contribution is 0.179. The summed E-state index contributed by atoms with van der Waals surface area (Å²) >= 11 is 6.01. The lowest BCUT2D eigenvalue weighted by atomic mass is 10.2. The van der Waals surface area contributed by atoms with Crippen molar-refractivity contribution in [1.29, 1.82) is 0 Å². The third-order valence-corrected chi connectivity index (χ3v) is 5.35. The molecule has 9 heteroatoms. The molecule has 0 unspecified atom stereocenters. The van der Waals surface area contributed by atoms with Crippen LogP contribution in [0.1, 0.15) is 11.5 Å². The normalized spacial score (nSPS) is 17.3. The smallest absolute Gasteiger partial charge is 0.276 e. The molecule has 0 spiro atoms. The van der Waals surface area contributed by atoms with Crippen molar-refractivity contribution in [3.8, 4) is 11.5 Å². The standard InChI is InChI=1S/C15H19ClN4O3S/c1-11-14(10-19-5-7-20(8-6-19)24(17,21)22)18-15(23-11)12-3-2-4-13(16)9-12/h2-4,9H,5-8,10H2,1H3,(H2,17,21,22). The number of aryl methyl sites for hydroxylation is 1. The molecule has 0 radical (unpaired) electrons. The first-order valence-electron chi connectivity index (χ1n) is 7.55. The van der Waals surface area contributed by atoms with E-state index in [-0.39, 0.29) is 0 Å². The summed E-state index contributed by atoms with van der Waals surface area (Å²) in [6.45, 7) is 4.46. The summed E-state index contributed by atoms with van der Waals surface area (Å²) in [5, 5.41) is 5.78. The van der Waals surface area contributed by atoms with Gasteiger partial charge in [-0.3, -0.25) is 4.90 Å². The highest BCUT2D eigenvalue weighted by atomic mass is 35.5. The minimum absolute atomic E-state index is 0.386. The number of halogens is 1. The number of aromatic nitrogens is 1. The van der Waals surface area contributed by atoms with E-state index in [4.69, 9.17) is 21.2 Å². The van der Waals surface area contributed by atoms with Gasteiger partial charge in [0.1, 0.15) is 5.76 Å². The highest BCUT2D eigenvalue weighted by Crippen LogP contribution is 2.25. The molecule has 0 amide bonds. The molecule has 0 saturated carbocycles. The van der Waals surface area contributed by atoms with Gasteiger partial charge < -0.3 is 4.42 Å². The zero-order valence-corrected chi connectivity index (χ0v) is 14.8. The quantitative estimate of drug-likeness (QED) is 0.882. The predicted molar refractivity (Wildman–Crippen MR) is 91.6 cm³/mol. The summed E-state index contributed by atoms with van der Waals surface area (Å²) in [4.78, 5) is 6.69. The second-order valence-electron chi connectivity index (χ2n) is 5.75. The lowest BCUT2D eigenvalue weighted by Gasteiger charge is -2.32. The third-order valence-electron chi connectivity index (χ3n) is 4.03. The minimum Gasteiger partial charge on any atom is -0.441 e. The number of piperazine rings is 1. The van der Waals surface area contributed by atoms with Gasteiger partial charge in [-0.05, 0) is 25.1 Å². The minimum atomic E-state index is -3.61. The van der Waals surface area contributed by atoms with Crippen LogP contribution in [-0.2, 0) is 16.8 Å². The van der Waals surface area contributed by atoms with Crippen molar-refractivity contribution in [1.82, 2.24) is 14.2 Å². The van der Waals surface area contributed by atoms with Gasteiger partial charge in [-0.25, -0.2) is 10.1 Å². The predicted octanol–water partition coefficient (Wildman–Crippen LogP) is 1.62. The monoisotopic (exact) mass is 370 g/mol. The molecule has 1 saturated heterocycles. The molecule has 2 heterocycles. The molecule has 24 heavy (non-hydrogen) atoms. The van der Waals surface area contributed by atoms with E-state index in [0.717, 1.165) is 17.0 Å². The topological polar surface area (TPSA) is 92.7 Å². The fourth-order valence-electron chi connectivity index (χ4n) is 2.67. The van der Waals surface area contributed by atoms with Crippen LogP contribution >= 0.6 is 11.6 Å². The van der Waals surface area contributed by atoms with Crippen LogP contribution in [0.25, 0.3) is 11.5 Å². The second kappa shape index (κ2) is 6.81. The molecule has 1 aromatic heterocycles. The Morgan fingerprint density at radius 1 is 1.29 bits per heavy atom. The average Bonchev–Trinajstić information content (AvgIpc) is 2.88. The van der Waals surface area contributed by atoms with Crippen molar-refractivity contribution in [2.24, 2.45) is 5.14 Å². The third kappa shape index (κ3) is 3.96. The van der Waals surface area contributed by atoms with E-state index in [0.29, 0.717) is 43.6 Å². The molecule has 1 aliphatic rings. The van der Waals surface area contributed by atoms with Gasteiger partial charge >= 0.3 is 0 Å². The Hall–Kier alpha value is -1.45. The van der Waals surface area contributed by atoms with E-state index in [1.165, 1.54) is 4.31 Å².